The van der Waals surface area contributed by atoms with Crippen LogP contribution in [0.25, 0.3) is 15.8 Å². The van der Waals surface area contributed by atoms with E-state index in [1.54, 1.807) is 6.20 Å². The number of hydrogen-bond acceptors (Lipinski definition) is 6. The maximum Gasteiger partial charge on any atom is 0.168 e. The number of para-hydroxylation sites is 1. The minimum Gasteiger partial charge on any atom is -0.510 e. The Balaban J connectivity index is 1.88. The van der Waals surface area contributed by atoms with Crippen LogP contribution in [0, 0.1) is 11.3 Å². The van der Waals surface area contributed by atoms with Gasteiger partial charge in [0.2, 0.25) is 0 Å². The number of imidazole rings is 1. The highest BCUT2D eigenvalue weighted by Crippen LogP contribution is 2.29. The zero-order valence-corrected chi connectivity index (χ0v) is 13.4. The summed E-state index contributed by atoms with van der Waals surface area (Å²) in [7, 11) is 1.88. The van der Waals surface area contributed by atoms with E-state index in [1.165, 1.54) is 23.1 Å². The molecule has 2 aromatic heterocycles. The number of thioether (sulfide) groups is 1. The quantitative estimate of drug-likeness (QED) is 0.450. The van der Waals surface area contributed by atoms with E-state index in [-0.39, 0.29) is 17.1 Å². The first-order valence-corrected chi connectivity index (χ1v) is 8.27. The van der Waals surface area contributed by atoms with Gasteiger partial charge in [0.25, 0.3) is 0 Å². The maximum absolute atomic E-state index is 10.2. The van der Waals surface area contributed by atoms with Gasteiger partial charge in [0.1, 0.15) is 22.4 Å². The second-order valence-electron chi connectivity index (χ2n) is 4.53. The summed E-state index contributed by atoms with van der Waals surface area (Å²) in [5, 5.41) is 20.9. The number of allylic oxidation sites excluding steroid dienone is 1. The third kappa shape index (κ3) is 2.84. The lowest BCUT2D eigenvalue weighted by atomic mass is 10.2. The molecule has 0 amide bonds. The Labute approximate surface area is 135 Å². The summed E-state index contributed by atoms with van der Waals surface area (Å²) < 4.78 is 2.86. The number of nitrogens with zero attached hydrogens (tertiary/aromatic N) is 4. The van der Waals surface area contributed by atoms with Gasteiger partial charge in [0.05, 0.1) is 16.0 Å². The molecule has 0 aliphatic carbocycles. The molecular formula is C15H12N4OS2. The molecule has 0 atom stereocenters. The molecule has 0 radical (unpaired) electrons. The number of aryl methyl sites for hydroxylation is 1. The minimum atomic E-state index is 0.0227. The van der Waals surface area contributed by atoms with Crippen molar-refractivity contribution in [1.29, 1.82) is 5.26 Å². The number of hydrogen-bond donors (Lipinski definition) is 1. The van der Waals surface area contributed by atoms with Gasteiger partial charge in [-0.1, -0.05) is 23.9 Å². The fourth-order valence-electron chi connectivity index (χ4n) is 1.91. The van der Waals surface area contributed by atoms with Gasteiger partial charge in [-0.05, 0) is 12.1 Å². The summed E-state index contributed by atoms with van der Waals surface area (Å²) in [5.41, 5.74) is 1.06. The smallest absolute Gasteiger partial charge is 0.168 e. The van der Waals surface area contributed by atoms with Crippen LogP contribution in [0.1, 0.15) is 5.01 Å². The molecule has 0 aliphatic rings. The Bertz CT molecular complexity index is 855. The second-order valence-corrected chi connectivity index (χ2v) is 6.50. The Morgan fingerprint density at radius 2 is 2.27 bits per heavy atom. The number of benzene rings is 1. The van der Waals surface area contributed by atoms with Crippen molar-refractivity contribution in [2.45, 2.75) is 5.16 Å². The fraction of sp³-hybridized carbons (Fsp3) is 0.133. The van der Waals surface area contributed by atoms with Gasteiger partial charge in [0, 0.05) is 19.4 Å². The van der Waals surface area contributed by atoms with Crippen molar-refractivity contribution in [2.75, 3.05) is 5.75 Å². The van der Waals surface area contributed by atoms with Crippen LogP contribution in [0.15, 0.2) is 47.6 Å². The first-order chi connectivity index (χ1) is 10.7. The van der Waals surface area contributed by atoms with E-state index >= 15 is 0 Å². The van der Waals surface area contributed by atoms with Gasteiger partial charge < -0.3 is 9.67 Å². The highest BCUT2D eigenvalue weighted by Gasteiger charge is 2.14. The molecule has 0 bridgehead atoms. The molecule has 0 saturated heterocycles. The lowest BCUT2D eigenvalue weighted by molar-refractivity contribution is 0.420. The monoisotopic (exact) mass is 328 g/mol. The second kappa shape index (κ2) is 6.22. The van der Waals surface area contributed by atoms with E-state index in [4.69, 9.17) is 0 Å². The summed E-state index contributed by atoms with van der Waals surface area (Å²) in [6.45, 7) is 0. The lowest BCUT2D eigenvalue weighted by Crippen LogP contribution is -1.95. The number of aliphatic hydroxyl groups excluding tert-OH is 1. The number of fused-ring (bicyclic) bond motifs is 1. The number of aliphatic hydroxyl groups is 1. The Hall–Kier alpha value is -2.30. The zero-order chi connectivity index (χ0) is 15.5. The molecule has 0 spiro atoms. The highest BCUT2D eigenvalue weighted by molar-refractivity contribution is 7.99. The average Bonchev–Trinajstić information content (AvgIpc) is 3.11. The molecule has 1 aromatic carbocycles. The molecule has 3 aromatic rings. The fourth-order valence-corrected chi connectivity index (χ4v) is 3.70. The summed E-state index contributed by atoms with van der Waals surface area (Å²) in [5.74, 6) is 0.304. The van der Waals surface area contributed by atoms with Gasteiger partial charge in [-0.15, -0.1) is 11.3 Å². The Morgan fingerprint density at radius 1 is 1.45 bits per heavy atom. The van der Waals surface area contributed by atoms with Gasteiger partial charge in [-0.2, -0.15) is 5.26 Å². The Morgan fingerprint density at radius 3 is 2.95 bits per heavy atom. The molecule has 1 N–H and O–H groups in total. The molecule has 7 heteroatoms. The van der Waals surface area contributed by atoms with Crippen molar-refractivity contribution in [3.63, 3.8) is 0 Å². The molecule has 0 unspecified atom stereocenters. The predicted molar refractivity (Wildman–Crippen MR) is 88.7 cm³/mol. The van der Waals surface area contributed by atoms with Crippen molar-refractivity contribution in [3.8, 4) is 6.07 Å². The minimum absolute atomic E-state index is 0.0227. The van der Waals surface area contributed by atoms with Crippen LogP contribution in [0.3, 0.4) is 0 Å². The van der Waals surface area contributed by atoms with Crippen LogP contribution in [0.4, 0.5) is 0 Å². The van der Waals surface area contributed by atoms with Crippen molar-refractivity contribution in [3.05, 3.63) is 47.4 Å². The SMILES string of the molecule is Cn1ccnc1SC/C(O)=C(/C#N)c1nc2ccccc2s1. The molecule has 110 valence electrons. The number of thiazole rings is 1. The van der Waals surface area contributed by atoms with Crippen LogP contribution in [0.5, 0.6) is 0 Å². The third-order valence-electron chi connectivity index (χ3n) is 3.02. The van der Waals surface area contributed by atoms with Crippen molar-refractivity contribution in [1.82, 2.24) is 14.5 Å². The molecule has 0 saturated carbocycles. The van der Waals surface area contributed by atoms with E-state index in [1.807, 2.05) is 42.1 Å². The first kappa shape index (κ1) is 14.6. The van der Waals surface area contributed by atoms with Crippen molar-refractivity contribution in [2.24, 2.45) is 7.05 Å². The number of nitriles is 1. The molecule has 22 heavy (non-hydrogen) atoms. The lowest BCUT2D eigenvalue weighted by Gasteiger charge is -2.02. The summed E-state index contributed by atoms with van der Waals surface area (Å²) in [6, 6.07) is 9.73. The van der Waals surface area contributed by atoms with Crippen LogP contribution < -0.4 is 0 Å². The molecule has 5 nitrogen and oxygen atoms in total. The topological polar surface area (TPSA) is 74.7 Å². The van der Waals surface area contributed by atoms with Gasteiger partial charge in [-0.25, -0.2) is 9.97 Å². The normalized spacial score (nSPS) is 12.2. The molecule has 0 aliphatic heterocycles. The maximum atomic E-state index is 10.2. The van der Waals surface area contributed by atoms with Crippen LogP contribution in [-0.2, 0) is 7.05 Å². The predicted octanol–water partition coefficient (Wildman–Crippen LogP) is 3.61. The van der Waals surface area contributed by atoms with Crippen LogP contribution in [-0.4, -0.2) is 25.4 Å². The standard InChI is InChI=1S/C15H12N4OS2/c1-19-7-6-17-15(19)21-9-12(20)10(8-16)14-18-11-4-2-3-5-13(11)22-14/h2-7,20H,9H2,1H3/b12-10+. The number of aromatic nitrogens is 3. The summed E-state index contributed by atoms with van der Waals surface area (Å²) in [4.78, 5) is 8.59. The molecule has 2 heterocycles. The van der Waals surface area contributed by atoms with Gasteiger partial charge in [-0.3, -0.25) is 0 Å². The third-order valence-corrected chi connectivity index (χ3v) is 5.15. The van der Waals surface area contributed by atoms with E-state index in [2.05, 4.69) is 16.0 Å². The van der Waals surface area contributed by atoms with Gasteiger partial charge >= 0.3 is 0 Å². The van der Waals surface area contributed by atoms with Gasteiger partial charge in [0.15, 0.2) is 5.16 Å². The zero-order valence-electron chi connectivity index (χ0n) is 11.7. The van der Waals surface area contributed by atoms with E-state index in [0.29, 0.717) is 5.01 Å². The summed E-state index contributed by atoms with van der Waals surface area (Å²) >= 11 is 2.78. The largest absolute Gasteiger partial charge is 0.510 e. The van der Waals surface area contributed by atoms with Crippen molar-refractivity contribution < 1.29 is 5.11 Å². The van der Waals surface area contributed by atoms with Crippen molar-refractivity contribution >= 4 is 38.9 Å². The molecular weight excluding hydrogens is 316 g/mol. The summed E-state index contributed by atoms with van der Waals surface area (Å²) in [6.07, 6.45) is 3.53. The molecule has 0 fully saturated rings. The highest BCUT2D eigenvalue weighted by atomic mass is 32.2. The number of rotatable bonds is 4. The molecule has 3 rings (SSSR count). The first-order valence-electron chi connectivity index (χ1n) is 6.47. The van der Waals surface area contributed by atoms with E-state index in [0.717, 1.165) is 15.4 Å². The van der Waals surface area contributed by atoms with Crippen LogP contribution >= 0.6 is 23.1 Å². The Kier molecular flexibility index (Phi) is 4.13. The van der Waals surface area contributed by atoms with E-state index < -0.39 is 0 Å². The van der Waals surface area contributed by atoms with Crippen LogP contribution in [0.2, 0.25) is 0 Å². The average molecular weight is 328 g/mol. The van der Waals surface area contributed by atoms with E-state index in [9.17, 15) is 10.4 Å².